The molecule has 2 rings (SSSR count). The van der Waals surface area contributed by atoms with E-state index in [0.717, 1.165) is 16.5 Å². The molecule has 0 aliphatic carbocycles. The van der Waals surface area contributed by atoms with Gasteiger partial charge < -0.3 is 5.11 Å². The summed E-state index contributed by atoms with van der Waals surface area (Å²) in [5, 5.41) is 10.4. The number of carboxylic acids is 1. The quantitative estimate of drug-likeness (QED) is 0.846. The molecule has 0 spiro atoms. The van der Waals surface area contributed by atoms with E-state index in [2.05, 4.69) is 4.98 Å². The second-order valence-corrected chi connectivity index (χ2v) is 4.56. The molecule has 0 atom stereocenters. The van der Waals surface area contributed by atoms with Crippen LogP contribution in [0.15, 0.2) is 40.9 Å². The molecule has 0 fully saturated rings. The molecule has 0 aromatic carbocycles. The molecule has 0 aliphatic rings. The van der Waals surface area contributed by atoms with E-state index in [9.17, 15) is 9.59 Å². The molecule has 0 saturated heterocycles. The molecule has 5 nitrogen and oxygen atoms in total. The van der Waals surface area contributed by atoms with Crippen molar-refractivity contribution in [1.82, 2.24) is 9.55 Å². The van der Waals surface area contributed by atoms with Gasteiger partial charge in [0.1, 0.15) is 0 Å². The van der Waals surface area contributed by atoms with Gasteiger partial charge in [-0.1, -0.05) is 0 Å². The number of carboxylic acid groups (broad SMARTS) is 1. The molecule has 0 unspecified atom stereocenters. The topological polar surface area (TPSA) is 72.2 Å². The van der Waals surface area contributed by atoms with Crippen molar-refractivity contribution in [2.45, 2.75) is 6.54 Å². The zero-order chi connectivity index (χ0) is 13.0. The van der Waals surface area contributed by atoms with Crippen LogP contribution in [0.25, 0.3) is 6.08 Å². The average Bonchev–Trinajstić information content (AvgIpc) is 2.77. The maximum Gasteiger partial charge on any atom is 0.328 e. The van der Waals surface area contributed by atoms with E-state index in [0.29, 0.717) is 6.54 Å². The van der Waals surface area contributed by atoms with Gasteiger partial charge in [0.05, 0.1) is 12.9 Å². The molecule has 0 bridgehead atoms. The monoisotopic (exact) mass is 262 g/mol. The summed E-state index contributed by atoms with van der Waals surface area (Å²) in [4.78, 5) is 26.7. The molecule has 0 aliphatic heterocycles. The molecule has 1 N–H and O–H groups in total. The van der Waals surface area contributed by atoms with Gasteiger partial charge in [0.25, 0.3) is 5.56 Å². The Kier molecular flexibility index (Phi) is 3.69. The third kappa shape index (κ3) is 3.14. The SMILES string of the molecule is O=C(O)C=Cc1csc(Cn2cnccc2=O)c1. The first kappa shape index (κ1) is 12.3. The molecule has 6 heteroatoms. The summed E-state index contributed by atoms with van der Waals surface area (Å²) in [6.07, 6.45) is 5.54. The van der Waals surface area contributed by atoms with Crippen LogP contribution in [0.3, 0.4) is 0 Å². The Morgan fingerprint density at radius 1 is 1.56 bits per heavy atom. The lowest BCUT2D eigenvalue weighted by Gasteiger charge is -2.00. The number of rotatable bonds is 4. The lowest BCUT2D eigenvalue weighted by atomic mass is 10.3. The van der Waals surface area contributed by atoms with Crippen molar-refractivity contribution in [3.63, 3.8) is 0 Å². The molecule has 0 amide bonds. The van der Waals surface area contributed by atoms with Crippen molar-refractivity contribution >= 4 is 23.4 Å². The predicted molar refractivity (Wildman–Crippen MR) is 68.6 cm³/mol. The minimum absolute atomic E-state index is 0.110. The van der Waals surface area contributed by atoms with E-state index in [1.54, 1.807) is 0 Å². The van der Waals surface area contributed by atoms with Crippen LogP contribution in [0, 0.1) is 0 Å². The van der Waals surface area contributed by atoms with E-state index >= 15 is 0 Å². The van der Waals surface area contributed by atoms with Crippen molar-refractivity contribution in [3.8, 4) is 0 Å². The first-order chi connectivity index (χ1) is 8.65. The summed E-state index contributed by atoms with van der Waals surface area (Å²) in [5.41, 5.74) is 0.704. The van der Waals surface area contributed by atoms with E-state index in [-0.39, 0.29) is 5.56 Å². The standard InChI is InChI=1S/C12H10N2O3S/c15-11-3-4-13-8-14(11)6-10-5-9(7-18-10)1-2-12(16)17/h1-5,7-8H,6H2,(H,16,17). The van der Waals surface area contributed by atoms with Crippen LogP contribution in [-0.2, 0) is 11.3 Å². The fourth-order valence-corrected chi connectivity index (χ4v) is 2.25. The number of aliphatic carboxylic acids is 1. The number of thiophene rings is 1. The molecule has 0 saturated carbocycles. The number of nitrogens with zero attached hydrogens (tertiary/aromatic N) is 2. The van der Waals surface area contributed by atoms with Gasteiger partial charge >= 0.3 is 5.97 Å². The Hall–Kier alpha value is -2.21. The molecule has 2 aromatic heterocycles. The highest BCUT2D eigenvalue weighted by molar-refractivity contribution is 7.10. The first-order valence-corrected chi connectivity index (χ1v) is 6.02. The van der Waals surface area contributed by atoms with Crippen molar-refractivity contribution in [3.05, 3.63) is 56.9 Å². The Bertz CT molecular complexity index is 643. The van der Waals surface area contributed by atoms with E-state index in [1.807, 2.05) is 11.4 Å². The van der Waals surface area contributed by atoms with Gasteiger partial charge in [-0.2, -0.15) is 0 Å². The highest BCUT2D eigenvalue weighted by Gasteiger charge is 2.01. The molecule has 0 radical (unpaired) electrons. The maximum atomic E-state index is 11.5. The van der Waals surface area contributed by atoms with Gasteiger partial charge in [-0.15, -0.1) is 11.3 Å². The summed E-state index contributed by atoms with van der Waals surface area (Å²) >= 11 is 1.47. The lowest BCUT2D eigenvalue weighted by molar-refractivity contribution is -0.131. The van der Waals surface area contributed by atoms with Crippen LogP contribution in [0.5, 0.6) is 0 Å². The van der Waals surface area contributed by atoms with Crippen LogP contribution >= 0.6 is 11.3 Å². The predicted octanol–water partition coefficient (Wildman–Crippen LogP) is 1.45. The number of hydrogen-bond donors (Lipinski definition) is 1. The maximum absolute atomic E-state index is 11.5. The number of carbonyl (C=O) groups is 1. The third-order valence-corrected chi connectivity index (χ3v) is 3.15. The summed E-state index contributed by atoms with van der Waals surface area (Å²) in [6.45, 7) is 0.443. The largest absolute Gasteiger partial charge is 0.478 e. The zero-order valence-corrected chi connectivity index (χ0v) is 10.1. The summed E-state index contributed by atoms with van der Waals surface area (Å²) in [5.74, 6) is -0.980. The van der Waals surface area contributed by atoms with Crippen LogP contribution in [-0.4, -0.2) is 20.6 Å². The van der Waals surface area contributed by atoms with Crippen molar-refractivity contribution in [2.24, 2.45) is 0 Å². The summed E-state index contributed by atoms with van der Waals surface area (Å²) < 4.78 is 1.50. The van der Waals surface area contributed by atoms with E-state index in [1.165, 1.54) is 40.6 Å². The number of hydrogen-bond acceptors (Lipinski definition) is 4. The number of aromatic nitrogens is 2. The molecule has 2 heterocycles. The third-order valence-electron chi connectivity index (χ3n) is 2.21. The smallest absolute Gasteiger partial charge is 0.328 e. The fourth-order valence-electron chi connectivity index (χ4n) is 1.40. The highest BCUT2D eigenvalue weighted by atomic mass is 32.1. The highest BCUT2D eigenvalue weighted by Crippen LogP contribution is 2.16. The van der Waals surface area contributed by atoms with Gasteiger partial charge in [0.2, 0.25) is 0 Å². The van der Waals surface area contributed by atoms with Crippen molar-refractivity contribution in [1.29, 1.82) is 0 Å². The van der Waals surface area contributed by atoms with Crippen LogP contribution in [0.2, 0.25) is 0 Å². The Morgan fingerprint density at radius 2 is 2.39 bits per heavy atom. The Morgan fingerprint density at radius 3 is 3.11 bits per heavy atom. The molecule has 2 aromatic rings. The second-order valence-electron chi connectivity index (χ2n) is 3.56. The minimum Gasteiger partial charge on any atom is -0.478 e. The van der Waals surface area contributed by atoms with Gasteiger partial charge in [0, 0.05) is 23.2 Å². The summed E-state index contributed by atoms with van der Waals surface area (Å²) in [6, 6.07) is 3.25. The zero-order valence-electron chi connectivity index (χ0n) is 9.31. The van der Waals surface area contributed by atoms with Crippen LogP contribution < -0.4 is 5.56 Å². The lowest BCUT2D eigenvalue weighted by Crippen LogP contribution is -2.18. The Balaban J connectivity index is 2.14. The first-order valence-electron chi connectivity index (χ1n) is 5.14. The van der Waals surface area contributed by atoms with E-state index in [4.69, 9.17) is 5.11 Å². The average molecular weight is 262 g/mol. The second kappa shape index (κ2) is 5.42. The van der Waals surface area contributed by atoms with E-state index < -0.39 is 5.97 Å². The van der Waals surface area contributed by atoms with Gasteiger partial charge in [0.15, 0.2) is 0 Å². The van der Waals surface area contributed by atoms with Crippen LogP contribution in [0.1, 0.15) is 10.4 Å². The molecule has 18 heavy (non-hydrogen) atoms. The van der Waals surface area contributed by atoms with Crippen LogP contribution in [0.4, 0.5) is 0 Å². The summed E-state index contributed by atoms with van der Waals surface area (Å²) in [7, 11) is 0. The van der Waals surface area contributed by atoms with Crippen molar-refractivity contribution < 1.29 is 9.90 Å². The van der Waals surface area contributed by atoms with Gasteiger partial charge in [-0.05, 0) is 23.1 Å². The molecule has 92 valence electrons. The molecular formula is C12H10N2O3S. The fraction of sp³-hybridized carbons (Fsp3) is 0.0833. The minimum atomic E-state index is -0.980. The Labute approximate surface area is 107 Å². The molecular weight excluding hydrogens is 252 g/mol. The van der Waals surface area contributed by atoms with Gasteiger partial charge in [-0.3, -0.25) is 9.36 Å². The van der Waals surface area contributed by atoms with Crippen molar-refractivity contribution in [2.75, 3.05) is 0 Å². The normalized spacial score (nSPS) is 10.9. The van der Waals surface area contributed by atoms with Gasteiger partial charge in [-0.25, -0.2) is 9.78 Å².